The molecule has 2 N–H and O–H groups in total. The number of carbonyl (C=O) groups excluding carboxylic acids is 2. The van der Waals surface area contributed by atoms with Crippen molar-refractivity contribution in [2.45, 2.75) is 19.4 Å². The van der Waals surface area contributed by atoms with E-state index in [4.69, 9.17) is 5.11 Å². The number of thiophene rings is 1. The molecule has 1 aliphatic rings. The summed E-state index contributed by atoms with van der Waals surface area (Å²) in [7, 11) is 0. The fourth-order valence-corrected chi connectivity index (χ4v) is 2.80. The van der Waals surface area contributed by atoms with E-state index in [9.17, 15) is 14.4 Å². The molecule has 1 fully saturated rings. The monoisotopic (exact) mass is 296 g/mol. The lowest BCUT2D eigenvalue weighted by molar-refractivity contribution is -0.141. The number of hydrogen-bond donors (Lipinski definition) is 2. The number of rotatable bonds is 4. The molecule has 1 aromatic heterocycles. The van der Waals surface area contributed by atoms with Crippen molar-refractivity contribution in [3.05, 3.63) is 22.4 Å². The zero-order chi connectivity index (χ0) is 14.7. The Hall–Kier alpha value is -1.89. The first-order valence-corrected chi connectivity index (χ1v) is 7.23. The second-order valence-electron chi connectivity index (χ2n) is 4.78. The summed E-state index contributed by atoms with van der Waals surface area (Å²) in [4.78, 5) is 36.9. The van der Waals surface area contributed by atoms with Crippen LogP contribution < -0.4 is 5.32 Å². The van der Waals surface area contributed by atoms with Crippen LogP contribution in [0, 0.1) is 5.92 Å². The molecule has 0 aliphatic carbocycles. The van der Waals surface area contributed by atoms with Crippen molar-refractivity contribution >= 4 is 29.1 Å². The van der Waals surface area contributed by atoms with Gasteiger partial charge in [-0.25, -0.2) is 0 Å². The van der Waals surface area contributed by atoms with Gasteiger partial charge >= 0.3 is 5.97 Å². The summed E-state index contributed by atoms with van der Waals surface area (Å²) < 4.78 is 0. The first kappa shape index (κ1) is 14.5. The Labute approximate surface area is 120 Å². The Balaban J connectivity index is 1.90. The highest BCUT2D eigenvalue weighted by atomic mass is 32.1. The summed E-state index contributed by atoms with van der Waals surface area (Å²) in [5.41, 5.74) is 0. The molecule has 0 bridgehead atoms. The van der Waals surface area contributed by atoms with Gasteiger partial charge in [0, 0.05) is 13.1 Å². The molecule has 108 valence electrons. The summed E-state index contributed by atoms with van der Waals surface area (Å²) in [6.07, 6.45) is 0.465. The SMILES string of the molecule is CC(NC(=O)c1cccs1)C(=O)N1CCC(C(=O)O)C1. The Kier molecular flexibility index (Phi) is 4.39. The number of carbonyl (C=O) groups is 3. The molecule has 0 saturated carbocycles. The first-order valence-electron chi connectivity index (χ1n) is 6.35. The van der Waals surface area contributed by atoms with Gasteiger partial charge in [-0.15, -0.1) is 11.3 Å². The lowest BCUT2D eigenvalue weighted by atomic mass is 10.1. The van der Waals surface area contributed by atoms with Gasteiger partial charge in [0.1, 0.15) is 6.04 Å². The molecule has 0 aromatic carbocycles. The standard InChI is InChI=1S/C13H16N2O4S/c1-8(14-11(16)10-3-2-6-20-10)12(17)15-5-4-9(7-15)13(18)19/h2-3,6,8-9H,4-5,7H2,1H3,(H,14,16)(H,18,19). The van der Waals surface area contributed by atoms with Crippen molar-refractivity contribution in [3.8, 4) is 0 Å². The minimum absolute atomic E-state index is 0.216. The molecular formula is C13H16N2O4S. The zero-order valence-corrected chi connectivity index (χ0v) is 11.9. The molecule has 1 saturated heterocycles. The lowest BCUT2D eigenvalue weighted by Crippen LogP contribution is -2.46. The summed E-state index contributed by atoms with van der Waals surface area (Å²) >= 11 is 1.31. The summed E-state index contributed by atoms with van der Waals surface area (Å²) in [6.45, 7) is 2.25. The van der Waals surface area contributed by atoms with Crippen LogP contribution in [0.5, 0.6) is 0 Å². The van der Waals surface area contributed by atoms with Gasteiger partial charge in [0.25, 0.3) is 5.91 Å². The van der Waals surface area contributed by atoms with Crippen LogP contribution in [0.4, 0.5) is 0 Å². The van der Waals surface area contributed by atoms with Crippen molar-refractivity contribution in [2.75, 3.05) is 13.1 Å². The topological polar surface area (TPSA) is 86.7 Å². The predicted octanol–water partition coefficient (Wildman–Crippen LogP) is 0.800. The summed E-state index contributed by atoms with van der Waals surface area (Å²) in [6, 6.07) is 2.80. The smallest absolute Gasteiger partial charge is 0.308 e. The summed E-state index contributed by atoms with van der Waals surface area (Å²) in [5.74, 6) is -1.90. The third-order valence-corrected chi connectivity index (χ3v) is 4.18. The number of carboxylic acids is 1. The maximum atomic E-state index is 12.1. The predicted molar refractivity (Wildman–Crippen MR) is 73.6 cm³/mol. The normalized spacial score (nSPS) is 19.6. The average molecular weight is 296 g/mol. The van der Waals surface area contributed by atoms with E-state index in [0.717, 1.165) is 0 Å². The molecule has 2 unspecified atom stereocenters. The second kappa shape index (κ2) is 6.04. The van der Waals surface area contributed by atoms with Gasteiger partial charge in [0.2, 0.25) is 5.91 Å². The minimum atomic E-state index is -0.879. The third-order valence-electron chi connectivity index (χ3n) is 3.31. The van der Waals surface area contributed by atoms with E-state index in [2.05, 4.69) is 5.32 Å². The van der Waals surface area contributed by atoms with Crippen LogP contribution in [0.1, 0.15) is 23.0 Å². The lowest BCUT2D eigenvalue weighted by Gasteiger charge is -2.21. The molecule has 1 aromatic rings. The van der Waals surface area contributed by atoms with Gasteiger partial charge in [0.05, 0.1) is 10.8 Å². The van der Waals surface area contributed by atoms with Crippen LogP contribution in [0.15, 0.2) is 17.5 Å². The zero-order valence-electron chi connectivity index (χ0n) is 11.0. The maximum Gasteiger partial charge on any atom is 0.308 e. The average Bonchev–Trinajstić information content (AvgIpc) is 3.08. The number of nitrogens with zero attached hydrogens (tertiary/aromatic N) is 1. The fraction of sp³-hybridized carbons (Fsp3) is 0.462. The van der Waals surface area contributed by atoms with Crippen molar-refractivity contribution in [1.29, 1.82) is 0 Å². The number of amides is 2. The van der Waals surface area contributed by atoms with Crippen LogP contribution in [0.25, 0.3) is 0 Å². The molecule has 0 spiro atoms. The van der Waals surface area contributed by atoms with Crippen LogP contribution in [0.3, 0.4) is 0 Å². The van der Waals surface area contributed by atoms with Gasteiger partial charge in [-0.3, -0.25) is 14.4 Å². The quantitative estimate of drug-likeness (QED) is 0.860. The van der Waals surface area contributed by atoms with E-state index >= 15 is 0 Å². The third kappa shape index (κ3) is 3.16. The van der Waals surface area contributed by atoms with Crippen LogP contribution in [-0.4, -0.2) is 46.9 Å². The molecule has 2 amide bonds. The van der Waals surface area contributed by atoms with Gasteiger partial charge in [-0.2, -0.15) is 0 Å². The van der Waals surface area contributed by atoms with Gasteiger partial charge in [-0.05, 0) is 24.8 Å². The van der Waals surface area contributed by atoms with E-state index in [-0.39, 0.29) is 18.4 Å². The molecule has 20 heavy (non-hydrogen) atoms. The molecule has 0 radical (unpaired) electrons. The Morgan fingerprint density at radius 2 is 2.25 bits per heavy atom. The number of aliphatic carboxylic acids is 1. The van der Waals surface area contributed by atoms with E-state index < -0.39 is 17.9 Å². The Bertz CT molecular complexity index is 514. The highest BCUT2D eigenvalue weighted by molar-refractivity contribution is 7.12. The second-order valence-corrected chi connectivity index (χ2v) is 5.73. The molecule has 1 aliphatic heterocycles. The number of carboxylic acid groups (broad SMARTS) is 1. The number of nitrogens with one attached hydrogen (secondary N) is 1. The Morgan fingerprint density at radius 1 is 1.50 bits per heavy atom. The molecule has 6 nitrogen and oxygen atoms in total. The van der Waals surface area contributed by atoms with Crippen molar-refractivity contribution in [2.24, 2.45) is 5.92 Å². The molecule has 2 atom stereocenters. The Morgan fingerprint density at radius 3 is 2.80 bits per heavy atom. The molecule has 2 rings (SSSR count). The fourth-order valence-electron chi connectivity index (χ4n) is 2.17. The van der Waals surface area contributed by atoms with Crippen molar-refractivity contribution < 1.29 is 19.5 Å². The van der Waals surface area contributed by atoms with Crippen LogP contribution in [0.2, 0.25) is 0 Å². The van der Waals surface area contributed by atoms with Gasteiger partial charge in [0.15, 0.2) is 0 Å². The van der Waals surface area contributed by atoms with Crippen molar-refractivity contribution in [1.82, 2.24) is 10.2 Å². The highest BCUT2D eigenvalue weighted by Gasteiger charge is 2.33. The molecule has 7 heteroatoms. The number of hydrogen-bond acceptors (Lipinski definition) is 4. The molecular weight excluding hydrogens is 280 g/mol. The van der Waals surface area contributed by atoms with Crippen LogP contribution >= 0.6 is 11.3 Å². The van der Waals surface area contributed by atoms with E-state index in [1.807, 2.05) is 0 Å². The van der Waals surface area contributed by atoms with Crippen LogP contribution in [-0.2, 0) is 9.59 Å². The van der Waals surface area contributed by atoms with E-state index in [1.165, 1.54) is 16.2 Å². The number of likely N-dealkylation sites (tertiary alicyclic amines) is 1. The van der Waals surface area contributed by atoms with Gasteiger partial charge in [-0.1, -0.05) is 6.07 Å². The molecule has 2 heterocycles. The van der Waals surface area contributed by atoms with E-state index in [0.29, 0.717) is 17.8 Å². The minimum Gasteiger partial charge on any atom is -0.481 e. The van der Waals surface area contributed by atoms with Crippen molar-refractivity contribution in [3.63, 3.8) is 0 Å². The van der Waals surface area contributed by atoms with Gasteiger partial charge < -0.3 is 15.3 Å². The highest BCUT2D eigenvalue weighted by Crippen LogP contribution is 2.17. The maximum absolute atomic E-state index is 12.1. The summed E-state index contributed by atoms with van der Waals surface area (Å²) in [5, 5.41) is 13.3. The van der Waals surface area contributed by atoms with E-state index in [1.54, 1.807) is 24.4 Å². The first-order chi connectivity index (χ1) is 9.49. The largest absolute Gasteiger partial charge is 0.481 e.